The van der Waals surface area contributed by atoms with Gasteiger partial charge in [-0.2, -0.15) is 5.26 Å². The smallest absolute Gasteiger partial charge is 0.335 e. The third-order valence-electron chi connectivity index (χ3n) is 2.90. The van der Waals surface area contributed by atoms with Gasteiger partial charge in [0.25, 0.3) is 0 Å². The SMILES string of the molecule is N#Cc1ccc(-c2nc3ccc(C(=O)O)cc3o2)cc1. The Morgan fingerprint density at radius 3 is 2.60 bits per heavy atom. The summed E-state index contributed by atoms with van der Waals surface area (Å²) < 4.78 is 5.56. The normalized spacial score (nSPS) is 10.3. The van der Waals surface area contributed by atoms with Crippen molar-refractivity contribution >= 4 is 17.1 Å². The topological polar surface area (TPSA) is 87.1 Å². The molecule has 0 saturated heterocycles. The van der Waals surface area contributed by atoms with Gasteiger partial charge in [-0.3, -0.25) is 0 Å². The quantitative estimate of drug-likeness (QED) is 0.768. The minimum atomic E-state index is -1.01. The molecule has 0 saturated carbocycles. The van der Waals surface area contributed by atoms with Crippen molar-refractivity contribution in [2.75, 3.05) is 0 Å². The number of rotatable bonds is 2. The highest BCUT2D eigenvalue weighted by atomic mass is 16.4. The molecule has 1 N–H and O–H groups in total. The Morgan fingerprint density at radius 2 is 1.95 bits per heavy atom. The number of nitriles is 1. The minimum absolute atomic E-state index is 0.153. The van der Waals surface area contributed by atoms with Crippen LogP contribution in [0.2, 0.25) is 0 Å². The lowest BCUT2D eigenvalue weighted by Gasteiger charge is -1.94. The molecule has 2 aromatic carbocycles. The maximum absolute atomic E-state index is 10.9. The first kappa shape index (κ1) is 11.9. The molecule has 1 heterocycles. The van der Waals surface area contributed by atoms with Crippen LogP contribution in [0.15, 0.2) is 46.9 Å². The number of aromatic carboxylic acids is 1. The Labute approximate surface area is 113 Å². The number of benzene rings is 2. The lowest BCUT2D eigenvalue weighted by atomic mass is 10.1. The van der Waals surface area contributed by atoms with Gasteiger partial charge in [-0.15, -0.1) is 0 Å². The molecule has 0 aliphatic rings. The second-order valence-corrected chi connectivity index (χ2v) is 4.20. The number of fused-ring (bicyclic) bond motifs is 1. The molecule has 1 aromatic heterocycles. The lowest BCUT2D eigenvalue weighted by Crippen LogP contribution is -1.94. The summed E-state index contributed by atoms with van der Waals surface area (Å²) in [5.74, 6) is -0.616. The fraction of sp³-hybridized carbons (Fsp3) is 0. The Balaban J connectivity index is 2.08. The van der Waals surface area contributed by atoms with Crippen LogP contribution in [0.4, 0.5) is 0 Å². The van der Waals surface area contributed by atoms with Gasteiger partial charge < -0.3 is 9.52 Å². The molecule has 0 radical (unpaired) electrons. The molecule has 96 valence electrons. The van der Waals surface area contributed by atoms with Crippen molar-refractivity contribution in [1.82, 2.24) is 4.98 Å². The van der Waals surface area contributed by atoms with Crippen molar-refractivity contribution in [3.05, 3.63) is 53.6 Å². The molecular weight excluding hydrogens is 256 g/mol. The molecule has 0 bridgehead atoms. The average Bonchev–Trinajstić information content (AvgIpc) is 2.90. The van der Waals surface area contributed by atoms with Gasteiger partial charge in [0.1, 0.15) is 5.52 Å². The summed E-state index contributed by atoms with van der Waals surface area (Å²) >= 11 is 0. The van der Waals surface area contributed by atoms with Gasteiger partial charge in [0.15, 0.2) is 5.58 Å². The lowest BCUT2D eigenvalue weighted by molar-refractivity contribution is 0.0697. The van der Waals surface area contributed by atoms with Gasteiger partial charge in [-0.25, -0.2) is 9.78 Å². The van der Waals surface area contributed by atoms with Crippen LogP contribution >= 0.6 is 0 Å². The van der Waals surface area contributed by atoms with Crippen molar-refractivity contribution in [3.8, 4) is 17.5 Å². The van der Waals surface area contributed by atoms with Crippen LogP contribution in [0.3, 0.4) is 0 Å². The highest BCUT2D eigenvalue weighted by Crippen LogP contribution is 2.25. The van der Waals surface area contributed by atoms with E-state index < -0.39 is 5.97 Å². The van der Waals surface area contributed by atoms with E-state index in [1.54, 1.807) is 30.3 Å². The van der Waals surface area contributed by atoms with Crippen LogP contribution in [0.5, 0.6) is 0 Å². The molecule has 20 heavy (non-hydrogen) atoms. The van der Waals surface area contributed by atoms with Crippen LogP contribution in [0, 0.1) is 11.3 Å². The van der Waals surface area contributed by atoms with Gasteiger partial charge >= 0.3 is 5.97 Å². The van der Waals surface area contributed by atoms with E-state index in [2.05, 4.69) is 4.98 Å². The zero-order chi connectivity index (χ0) is 14.1. The summed E-state index contributed by atoms with van der Waals surface area (Å²) in [4.78, 5) is 15.2. The van der Waals surface area contributed by atoms with Gasteiger partial charge in [0.2, 0.25) is 5.89 Å². The van der Waals surface area contributed by atoms with E-state index in [1.165, 1.54) is 12.1 Å². The average molecular weight is 264 g/mol. The summed E-state index contributed by atoms with van der Waals surface area (Å²) in [5.41, 5.74) is 2.45. The maximum Gasteiger partial charge on any atom is 0.335 e. The molecule has 0 atom stereocenters. The van der Waals surface area contributed by atoms with Gasteiger partial charge in [-0.1, -0.05) is 0 Å². The monoisotopic (exact) mass is 264 g/mol. The number of carbonyl (C=O) groups is 1. The van der Waals surface area contributed by atoms with E-state index >= 15 is 0 Å². The highest BCUT2D eigenvalue weighted by molar-refractivity contribution is 5.92. The predicted octanol–water partition coefficient (Wildman–Crippen LogP) is 3.06. The Kier molecular flexibility index (Phi) is 2.70. The highest BCUT2D eigenvalue weighted by Gasteiger charge is 2.11. The molecule has 3 rings (SSSR count). The molecule has 0 unspecified atom stereocenters. The third-order valence-corrected chi connectivity index (χ3v) is 2.90. The van der Waals surface area contributed by atoms with Crippen LogP contribution in [-0.4, -0.2) is 16.1 Å². The fourth-order valence-electron chi connectivity index (χ4n) is 1.87. The number of oxazole rings is 1. The minimum Gasteiger partial charge on any atom is -0.478 e. The van der Waals surface area contributed by atoms with Crippen molar-refractivity contribution in [2.45, 2.75) is 0 Å². The number of aromatic nitrogens is 1. The van der Waals surface area contributed by atoms with Gasteiger partial charge in [0.05, 0.1) is 17.2 Å². The summed E-state index contributed by atoms with van der Waals surface area (Å²) in [6, 6.07) is 13.4. The molecule has 0 amide bonds. The van der Waals surface area contributed by atoms with E-state index in [0.29, 0.717) is 22.6 Å². The number of carboxylic acid groups (broad SMARTS) is 1. The summed E-state index contributed by atoms with van der Waals surface area (Å²) in [7, 11) is 0. The van der Waals surface area contributed by atoms with Crippen LogP contribution in [-0.2, 0) is 0 Å². The number of nitrogens with zero attached hydrogens (tertiary/aromatic N) is 2. The summed E-state index contributed by atoms with van der Waals surface area (Å²) in [6.07, 6.45) is 0. The Bertz CT molecular complexity index is 842. The Hall–Kier alpha value is -3.13. The van der Waals surface area contributed by atoms with E-state index in [0.717, 1.165) is 5.56 Å². The second kappa shape index (κ2) is 4.52. The predicted molar refractivity (Wildman–Crippen MR) is 71.1 cm³/mol. The first-order valence-electron chi connectivity index (χ1n) is 5.82. The number of hydrogen-bond acceptors (Lipinski definition) is 4. The van der Waals surface area contributed by atoms with Crippen molar-refractivity contribution < 1.29 is 14.3 Å². The van der Waals surface area contributed by atoms with E-state index in [1.807, 2.05) is 6.07 Å². The molecule has 0 aliphatic heterocycles. The van der Waals surface area contributed by atoms with E-state index in [9.17, 15) is 4.79 Å². The molecule has 5 heteroatoms. The first-order valence-corrected chi connectivity index (χ1v) is 5.82. The second-order valence-electron chi connectivity index (χ2n) is 4.20. The Morgan fingerprint density at radius 1 is 1.20 bits per heavy atom. The number of hydrogen-bond donors (Lipinski definition) is 1. The largest absolute Gasteiger partial charge is 0.478 e. The molecule has 0 aliphatic carbocycles. The van der Waals surface area contributed by atoms with Crippen molar-refractivity contribution in [3.63, 3.8) is 0 Å². The fourth-order valence-corrected chi connectivity index (χ4v) is 1.87. The van der Waals surface area contributed by atoms with Crippen LogP contribution in [0.25, 0.3) is 22.6 Å². The zero-order valence-electron chi connectivity index (χ0n) is 10.2. The molecule has 5 nitrogen and oxygen atoms in total. The molecule has 0 fully saturated rings. The van der Waals surface area contributed by atoms with Crippen molar-refractivity contribution in [2.24, 2.45) is 0 Å². The van der Waals surface area contributed by atoms with Gasteiger partial charge in [0, 0.05) is 5.56 Å². The zero-order valence-corrected chi connectivity index (χ0v) is 10.2. The van der Waals surface area contributed by atoms with Crippen LogP contribution < -0.4 is 0 Å². The summed E-state index contributed by atoms with van der Waals surface area (Å²) in [6.45, 7) is 0. The number of carboxylic acids is 1. The standard InChI is InChI=1S/C15H8N2O3/c16-8-9-1-3-10(4-2-9)14-17-12-6-5-11(15(18)19)7-13(12)20-14/h1-7H,(H,18,19). The van der Waals surface area contributed by atoms with Crippen molar-refractivity contribution in [1.29, 1.82) is 5.26 Å². The van der Waals surface area contributed by atoms with Gasteiger partial charge in [-0.05, 0) is 42.5 Å². The third kappa shape index (κ3) is 1.99. The molecule has 3 aromatic rings. The molecular formula is C15H8N2O3. The first-order chi connectivity index (χ1) is 9.67. The maximum atomic E-state index is 10.9. The molecule has 0 spiro atoms. The van der Waals surface area contributed by atoms with E-state index in [4.69, 9.17) is 14.8 Å². The van der Waals surface area contributed by atoms with E-state index in [-0.39, 0.29) is 5.56 Å². The summed E-state index contributed by atoms with van der Waals surface area (Å²) in [5, 5.41) is 17.7. The van der Waals surface area contributed by atoms with Crippen LogP contribution in [0.1, 0.15) is 15.9 Å².